The largest absolute Gasteiger partial charge is 0.350 e. The van der Waals surface area contributed by atoms with Gasteiger partial charge in [0.15, 0.2) is 0 Å². The molecule has 1 heterocycles. The Bertz CT molecular complexity index is 1260. The molecule has 0 aliphatic carbocycles. The second-order valence-corrected chi connectivity index (χ2v) is 8.23. The molecule has 4 aromatic rings. The zero-order valence-electron chi connectivity index (χ0n) is 18.7. The quantitative estimate of drug-likeness (QED) is 0.250. The van der Waals surface area contributed by atoms with Gasteiger partial charge in [0.25, 0.3) is 0 Å². The Kier molecular flexibility index (Phi) is 7.62. The van der Waals surface area contributed by atoms with Gasteiger partial charge in [0, 0.05) is 6.42 Å². The van der Waals surface area contributed by atoms with E-state index >= 15 is 0 Å². The van der Waals surface area contributed by atoms with E-state index < -0.39 is 5.91 Å². The van der Waals surface area contributed by atoms with Crippen molar-refractivity contribution in [1.82, 2.24) is 25.8 Å². The smallest absolute Gasteiger partial charge is 0.245 e. The van der Waals surface area contributed by atoms with Crippen molar-refractivity contribution >= 4 is 22.6 Å². The number of carbonyl (C=O) groups is 2. The molecule has 0 aliphatic heterocycles. The summed E-state index contributed by atoms with van der Waals surface area (Å²) in [6.07, 6.45) is 3.36. The monoisotopic (exact) mass is 457 g/mol. The number of aryl methyl sites for hydroxylation is 1. The lowest BCUT2D eigenvalue weighted by atomic mass is 10.00. The van der Waals surface area contributed by atoms with Crippen LogP contribution >= 0.6 is 0 Å². The van der Waals surface area contributed by atoms with Gasteiger partial charge in [-0.3, -0.25) is 14.8 Å². The minimum Gasteiger partial charge on any atom is -0.350 e. The Morgan fingerprint density at radius 1 is 0.912 bits per heavy atom. The average Bonchev–Trinajstić information content (AvgIpc) is 3.35. The highest BCUT2D eigenvalue weighted by Crippen LogP contribution is 2.22. The highest BCUT2D eigenvalue weighted by Gasteiger charge is 2.19. The summed E-state index contributed by atoms with van der Waals surface area (Å²) in [7, 11) is 0. The molecule has 0 saturated carbocycles. The van der Waals surface area contributed by atoms with E-state index in [2.05, 4.69) is 21.7 Å². The summed E-state index contributed by atoms with van der Waals surface area (Å²) in [6, 6.07) is 23.7. The molecule has 174 valence electrons. The molecule has 2 amide bonds. The van der Waals surface area contributed by atoms with Gasteiger partial charge in [-0.05, 0) is 34.7 Å². The van der Waals surface area contributed by atoms with Gasteiger partial charge < -0.3 is 5.32 Å². The minimum atomic E-state index is -0.503. The molecule has 3 N–H and O–H groups in total. The number of hydrogen-bond donors (Lipinski definition) is 3. The van der Waals surface area contributed by atoms with Crippen LogP contribution in [-0.2, 0) is 29.0 Å². The molecule has 34 heavy (non-hydrogen) atoms. The fourth-order valence-corrected chi connectivity index (χ4v) is 3.91. The van der Waals surface area contributed by atoms with Crippen molar-refractivity contribution in [2.45, 2.75) is 38.3 Å². The van der Waals surface area contributed by atoms with Gasteiger partial charge in [0.05, 0.1) is 25.2 Å². The molecule has 0 saturated heterocycles. The molecular weight excluding hydrogens is 430 g/mol. The molecule has 8 heteroatoms. The number of nitrogens with zero attached hydrogens (tertiary/aromatic N) is 3. The van der Waals surface area contributed by atoms with Crippen molar-refractivity contribution in [2.24, 2.45) is 0 Å². The van der Waals surface area contributed by atoms with Gasteiger partial charge in [-0.2, -0.15) is 0 Å². The molecule has 4 rings (SSSR count). The lowest BCUT2D eigenvalue weighted by molar-refractivity contribution is -0.130. The van der Waals surface area contributed by atoms with E-state index in [0.29, 0.717) is 25.0 Å². The Balaban J connectivity index is 1.39. The van der Waals surface area contributed by atoms with Gasteiger partial charge in [-0.15, -0.1) is 5.10 Å². The topological polar surface area (TPSA) is 109 Å². The van der Waals surface area contributed by atoms with Gasteiger partial charge in [-0.25, -0.2) is 10.2 Å². The van der Waals surface area contributed by atoms with E-state index in [-0.39, 0.29) is 24.9 Å². The van der Waals surface area contributed by atoms with Crippen LogP contribution < -0.4 is 10.8 Å². The van der Waals surface area contributed by atoms with Crippen LogP contribution in [0.1, 0.15) is 35.7 Å². The van der Waals surface area contributed by atoms with Crippen molar-refractivity contribution in [1.29, 1.82) is 0 Å². The number of carbonyl (C=O) groups excluding carboxylic acids is 2. The predicted octanol–water partition coefficient (Wildman–Crippen LogP) is 3.36. The number of amides is 2. The van der Waals surface area contributed by atoms with Gasteiger partial charge >= 0.3 is 0 Å². The molecule has 1 atom stereocenters. The summed E-state index contributed by atoms with van der Waals surface area (Å²) in [5, 5.41) is 22.5. The third-order valence-corrected chi connectivity index (χ3v) is 5.71. The standard InChI is InChI=1S/C26H27N5O3/c32-25(13-11-19-6-2-1-3-7-19)27-17-23-18-31(30-28-23)24(16-26(33)29-34)15-20-10-12-21-8-4-5-9-22(21)14-20/h1-10,12,14,18,24,34H,11,13,15-17H2,(H,27,32)(H,29,33). The van der Waals surface area contributed by atoms with Gasteiger partial charge in [-0.1, -0.05) is 78.0 Å². The number of nitrogens with one attached hydrogen (secondary N) is 2. The van der Waals surface area contributed by atoms with Gasteiger partial charge in [0.2, 0.25) is 11.8 Å². The summed E-state index contributed by atoms with van der Waals surface area (Å²) < 4.78 is 1.62. The number of hydrogen-bond acceptors (Lipinski definition) is 5. The van der Waals surface area contributed by atoms with Crippen LogP contribution in [0.25, 0.3) is 10.8 Å². The minimum absolute atomic E-state index is 0.0373. The predicted molar refractivity (Wildman–Crippen MR) is 128 cm³/mol. The van der Waals surface area contributed by atoms with Crippen LogP contribution in [0, 0.1) is 0 Å². The summed E-state index contributed by atoms with van der Waals surface area (Å²) in [4.78, 5) is 24.1. The highest BCUT2D eigenvalue weighted by atomic mass is 16.5. The molecule has 3 aromatic carbocycles. The maximum absolute atomic E-state index is 12.2. The Morgan fingerprint density at radius 3 is 2.47 bits per heavy atom. The Morgan fingerprint density at radius 2 is 1.68 bits per heavy atom. The Labute approximate surface area is 197 Å². The first-order valence-corrected chi connectivity index (χ1v) is 11.2. The van der Waals surface area contributed by atoms with Crippen molar-refractivity contribution in [3.05, 3.63) is 95.8 Å². The second-order valence-electron chi connectivity index (χ2n) is 8.23. The van der Waals surface area contributed by atoms with Crippen molar-refractivity contribution < 1.29 is 14.8 Å². The Hall–Kier alpha value is -4.04. The fraction of sp³-hybridized carbons (Fsp3) is 0.231. The molecule has 8 nitrogen and oxygen atoms in total. The van der Waals surface area contributed by atoms with E-state index in [1.165, 1.54) is 0 Å². The lowest BCUT2D eigenvalue weighted by Crippen LogP contribution is -2.25. The molecule has 1 unspecified atom stereocenters. The molecule has 0 radical (unpaired) electrons. The number of hydroxylamine groups is 1. The maximum atomic E-state index is 12.2. The zero-order valence-corrected chi connectivity index (χ0v) is 18.7. The number of aromatic nitrogens is 3. The van der Waals surface area contributed by atoms with Crippen LogP contribution in [0.2, 0.25) is 0 Å². The normalized spacial score (nSPS) is 11.8. The summed E-state index contributed by atoms with van der Waals surface area (Å²) in [6.45, 7) is 0.252. The SMILES string of the molecule is O=C(CC(Cc1ccc2ccccc2c1)n1cc(CNC(=O)CCc2ccccc2)nn1)NO. The molecule has 0 bridgehead atoms. The third-order valence-electron chi connectivity index (χ3n) is 5.71. The lowest BCUT2D eigenvalue weighted by Gasteiger charge is -2.16. The summed E-state index contributed by atoms with van der Waals surface area (Å²) in [5.74, 6) is -0.567. The highest BCUT2D eigenvalue weighted by molar-refractivity contribution is 5.83. The maximum Gasteiger partial charge on any atom is 0.245 e. The third kappa shape index (κ3) is 6.26. The van der Waals surface area contributed by atoms with E-state index in [1.54, 1.807) is 16.4 Å². The van der Waals surface area contributed by atoms with Crippen LogP contribution in [0.3, 0.4) is 0 Å². The van der Waals surface area contributed by atoms with E-state index in [4.69, 9.17) is 5.21 Å². The summed E-state index contributed by atoms with van der Waals surface area (Å²) in [5.41, 5.74) is 4.45. The first-order valence-electron chi connectivity index (χ1n) is 11.2. The van der Waals surface area contributed by atoms with Gasteiger partial charge in [0.1, 0.15) is 5.69 Å². The second kappa shape index (κ2) is 11.2. The molecule has 0 fully saturated rings. The number of benzene rings is 3. The zero-order chi connectivity index (χ0) is 23.8. The van der Waals surface area contributed by atoms with Crippen LogP contribution in [0.5, 0.6) is 0 Å². The average molecular weight is 458 g/mol. The fourth-order valence-electron chi connectivity index (χ4n) is 3.91. The van der Waals surface area contributed by atoms with Crippen LogP contribution in [0.15, 0.2) is 79.0 Å². The molecule has 0 spiro atoms. The van der Waals surface area contributed by atoms with E-state index in [1.807, 2.05) is 66.7 Å². The first kappa shape index (κ1) is 23.1. The van der Waals surface area contributed by atoms with Crippen LogP contribution in [0.4, 0.5) is 0 Å². The molecule has 0 aliphatic rings. The van der Waals surface area contributed by atoms with Crippen molar-refractivity contribution in [2.75, 3.05) is 0 Å². The number of rotatable bonds is 10. The molecular formula is C26H27N5O3. The molecule has 1 aromatic heterocycles. The van der Waals surface area contributed by atoms with Crippen LogP contribution in [-0.4, -0.2) is 32.0 Å². The summed E-state index contributed by atoms with van der Waals surface area (Å²) >= 11 is 0. The van der Waals surface area contributed by atoms with Crippen molar-refractivity contribution in [3.8, 4) is 0 Å². The van der Waals surface area contributed by atoms with Crippen molar-refractivity contribution in [3.63, 3.8) is 0 Å². The van der Waals surface area contributed by atoms with E-state index in [9.17, 15) is 9.59 Å². The van der Waals surface area contributed by atoms with E-state index in [0.717, 1.165) is 21.9 Å². The number of fused-ring (bicyclic) bond motifs is 1. The first-order chi connectivity index (χ1) is 16.6.